The molecule has 0 aromatic carbocycles. The van der Waals surface area contributed by atoms with E-state index in [1.165, 1.54) is 0 Å². The molecule has 0 unspecified atom stereocenters. The van der Waals surface area contributed by atoms with Crippen molar-refractivity contribution in [2.45, 2.75) is 96.0 Å². The van der Waals surface area contributed by atoms with Crippen LogP contribution in [0.4, 0.5) is 127 Å². The van der Waals surface area contributed by atoms with Gasteiger partial charge in [-0.15, -0.1) is 0 Å². The van der Waals surface area contributed by atoms with Crippen molar-refractivity contribution < 1.29 is 142 Å². The van der Waals surface area contributed by atoms with Crippen molar-refractivity contribution in [3.05, 3.63) is 0 Å². The van der Waals surface area contributed by atoms with E-state index in [9.17, 15) is 137 Å². The van der Waals surface area contributed by atoms with Crippen LogP contribution in [0.25, 0.3) is 0 Å². The predicted octanol–water partition coefficient (Wildman–Crippen LogP) is 8.41. The van der Waals surface area contributed by atoms with Crippen molar-refractivity contribution in [2.24, 2.45) is 0 Å². The maximum atomic E-state index is 14.0. The molecule has 0 atom stereocenters. The van der Waals surface area contributed by atoms with E-state index in [1.807, 2.05) is 0 Å². The Morgan fingerprint density at radius 3 is 0.811 bits per heavy atom. The van der Waals surface area contributed by atoms with Crippen molar-refractivity contribution in [2.75, 3.05) is 27.2 Å². The SMILES string of the molecule is C[N+](C)(CCCC(F)(F)C(F)(F)C(F)(F)C(F)(F)C(F)(F)C(F)(F)C(F)(F)C(F)(F)C(F)(F)C(F)(F)C(F)(F)C(F)(F)C(F)(F)C(F)(F)F)CC(=O)[O-]. The summed E-state index contributed by atoms with van der Waals surface area (Å²) < 4.78 is 392. The number of rotatable bonds is 18. The Morgan fingerprint density at radius 1 is 0.396 bits per heavy atom. The number of hydrogen-bond acceptors (Lipinski definition) is 2. The fraction of sp³-hybridized carbons (Fsp3) is 0.952. The summed E-state index contributed by atoms with van der Waals surface area (Å²) in [7, 11) is 1.47. The standard InChI is InChI=1S/C21H14F29NO2/c1-51(2,6-7(52)53)5-3-4-8(22,23)9(24,25)10(26,27)11(28,29)12(30,31)13(32,33)14(34,35)15(36,37)16(38,39)17(40,41)18(42,43)19(44,45)20(46,47)21(48,49)50/h3-6H2,1-2H3. The smallest absolute Gasteiger partial charge is 0.460 e. The number of quaternary nitrogens is 1. The van der Waals surface area contributed by atoms with E-state index in [0.717, 1.165) is 14.1 Å². The van der Waals surface area contributed by atoms with Crippen LogP contribution in [-0.2, 0) is 4.79 Å². The van der Waals surface area contributed by atoms with Crippen LogP contribution in [0.2, 0.25) is 0 Å². The van der Waals surface area contributed by atoms with Crippen molar-refractivity contribution in [3.8, 4) is 0 Å². The van der Waals surface area contributed by atoms with Crippen LogP contribution < -0.4 is 5.11 Å². The van der Waals surface area contributed by atoms with Gasteiger partial charge in [-0.25, -0.2) is 0 Å². The summed E-state index contributed by atoms with van der Waals surface area (Å²) in [6, 6.07) is 0. The fourth-order valence-corrected chi connectivity index (χ4v) is 3.69. The molecular formula is C21H14F29NO2. The maximum Gasteiger partial charge on any atom is 0.460 e. The van der Waals surface area contributed by atoms with Gasteiger partial charge in [-0.2, -0.15) is 127 Å². The highest BCUT2D eigenvalue weighted by Gasteiger charge is 3.00. The Bertz CT molecular complexity index is 1330. The summed E-state index contributed by atoms with van der Waals surface area (Å²) in [5.74, 6) is -123. The highest BCUT2D eigenvalue weighted by atomic mass is 19.4. The monoisotopic (exact) mass is 863 g/mol. The number of aliphatic carboxylic acids is 1. The first-order valence-corrected chi connectivity index (χ1v) is 12.4. The zero-order valence-corrected chi connectivity index (χ0v) is 24.6. The number of carboxylic acids is 1. The Kier molecular flexibility index (Phi) is 12.3. The van der Waals surface area contributed by atoms with Crippen LogP contribution in [0.3, 0.4) is 0 Å². The number of likely N-dealkylation sites (N-methyl/N-ethyl adjacent to an activating group) is 1. The van der Waals surface area contributed by atoms with Gasteiger partial charge in [0.1, 0.15) is 6.54 Å². The number of carbonyl (C=O) groups is 1. The molecule has 0 saturated heterocycles. The molecule has 0 amide bonds. The topological polar surface area (TPSA) is 40.1 Å². The highest BCUT2D eigenvalue weighted by Crippen LogP contribution is 2.69. The van der Waals surface area contributed by atoms with Gasteiger partial charge < -0.3 is 14.4 Å². The van der Waals surface area contributed by atoms with E-state index in [0.29, 0.717) is 0 Å². The third-order valence-electron chi connectivity index (χ3n) is 6.96. The molecule has 0 heterocycles. The molecule has 0 radical (unpaired) electrons. The molecule has 0 rings (SSSR count). The van der Waals surface area contributed by atoms with E-state index >= 15 is 0 Å². The van der Waals surface area contributed by atoms with Crippen LogP contribution in [0, 0.1) is 0 Å². The quantitative estimate of drug-likeness (QED) is 0.103. The van der Waals surface area contributed by atoms with Gasteiger partial charge in [-0.05, 0) is 0 Å². The molecule has 0 N–H and O–H groups in total. The zero-order valence-electron chi connectivity index (χ0n) is 24.6. The Balaban J connectivity index is 7.29. The van der Waals surface area contributed by atoms with Gasteiger partial charge in [0.2, 0.25) is 0 Å². The number of nitrogens with zero attached hydrogens (tertiary/aromatic N) is 1. The maximum absolute atomic E-state index is 14.0. The Labute approximate surface area is 272 Å². The third-order valence-corrected chi connectivity index (χ3v) is 6.96. The normalized spacial score (nSPS) is 16.7. The van der Waals surface area contributed by atoms with Gasteiger partial charge in [0.15, 0.2) is 0 Å². The molecule has 3 nitrogen and oxygen atoms in total. The van der Waals surface area contributed by atoms with Crippen molar-refractivity contribution in [1.82, 2.24) is 0 Å². The molecular weight excluding hydrogens is 849 g/mol. The largest absolute Gasteiger partial charge is 0.544 e. The predicted molar refractivity (Wildman–Crippen MR) is 106 cm³/mol. The molecule has 318 valence electrons. The first-order valence-electron chi connectivity index (χ1n) is 12.4. The van der Waals surface area contributed by atoms with E-state index in [4.69, 9.17) is 0 Å². The summed E-state index contributed by atoms with van der Waals surface area (Å²) in [5.41, 5.74) is 0. The summed E-state index contributed by atoms with van der Waals surface area (Å²) in [6.07, 6.45) is -13.1. The minimum atomic E-state index is -9.96. The van der Waals surface area contributed by atoms with Gasteiger partial charge in [0.05, 0.1) is 26.6 Å². The van der Waals surface area contributed by atoms with E-state index in [1.54, 1.807) is 0 Å². The lowest BCUT2D eigenvalue weighted by Crippen LogP contribution is -2.79. The second-order valence-corrected chi connectivity index (χ2v) is 11.4. The summed E-state index contributed by atoms with van der Waals surface area (Å²) in [5, 5.41) is 10.5. The lowest BCUT2D eigenvalue weighted by Gasteiger charge is -2.46. The average Bonchev–Trinajstić information content (AvgIpc) is 2.89. The van der Waals surface area contributed by atoms with Crippen LogP contribution in [0.5, 0.6) is 0 Å². The van der Waals surface area contributed by atoms with Crippen molar-refractivity contribution in [3.63, 3.8) is 0 Å². The first-order chi connectivity index (χ1) is 22.4. The molecule has 0 aliphatic carbocycles. The summed E-state index contributed by atoms with van der Waals surface area (Å²) in [4.78, 5) is 10.5. The van der Waals surface area contributed by atoms with E-state index in [2.05, 4.69) is 0 Å². The molecule has 0 saturated carbocycles. The second-order valence-electron chi connectivity index (χ2n) is 11.4. The van der Waals surface area contributed by atoms with Crippen LogP contribution in [0.1, 0.15) is 12.8 Å². The van der Waals surface area contributed by atoms with E-state index in [-0.39, 0.29) is 0 Å². The lowest BCUT2D eigenvalue weighted by molar-refractivity contribution is -0.885. The lowest BCUT2D eigenvalue weighted by atomic mass is 9.83. The number of halogens is 29. The Hall–Kier alpha value is -2.60. The van der Waals surface area contributed by atoms with Crippen LogP contribution in [0.15, 0.2) is 0 Å². The second kappa shape index (κ2) is 13.0. The summed E-state index contributed by atoms with van der Waals surface area (Å²) >= 11 is 0. The van der Waals surface area contributed by atoms with Crippen molar-refractivity contribution in [1.29, 1.82) is 0 Å². The third kappa shape index (κ3) is 6.84. The van der Waals surface area contributed by atoms with Gasteiger partial charge in [-0.3, -0.25) is 0 Å². The molecule has 0 aliphatic heterocycles. The first kappa shape index (κ1) is 50.4. The number of hydrogen-bond donors (Lipinski definition) is 0. The van der Waals surface area contributed by atoms with Gasteiger partial charge in [0, 0.05) is 12.8 Å². The van der Waals surface area contributed by atoms with Crippen molar-refractivity contribution >= 4 is 5.97 Å². The number of alkyl halides is 29. The van der Waals surface area contributed by atoms with Gasteiger partial charge in [-0.1, -0.05) is 0 Å². The van der Waals surface area contributed by atoms with Crippen LogP contribution >= 0.6 is 0 Å². The molecule has 0 spiro atoms. The molecule has 32 heteroatoms. The number of carboxylic acid groups (broad SMARTS) is 1. The number of carbonyl (C=O) groups excluding carboxylic acids is 1. The molecule has 0 bridgehead atoms. The minimum absolute atomic E-state index is 0.733. The van der Waals surface area contributed by atoms with Crippen LogP contribution in [-0.4, -0.2) is 121 Å². The fourth-order valence-electron chi connectivity index (χ4n) is 3.69. The van der Waals surface area contributed by atoms with Gasteiger partial charge >= 0.3 is 83.2 Å². The molecule has 53 heavy (non-hydrogen) atoms. The summed E-state index contributed by atoms with van der Waals surface area (Å²) in [6.45, 7) is -2.42. The highest BCUT2D eigenvalue weighted by molar-refractivity contribution is 5.65. The molecule has 0 fully saturated rings. The average molecular weight is 863 g/mol. The molecule has 0 aromatic rings. The zero-order chi connectivity index (χ0) is 43.9. The molecule has 0 aromatic heterocycles. The van der Waals surface area contributed by atoms with E-state index < -0.39 is 120 Å². The van der Waals surface area contributed by atoms with Gasteiger partial charge in [0.25, 0.3) is 0 Å². The Morgan fingerprint density at radius 2 is 0.604 bits per heavy atom. The molecule has 0 aliphatic rings. The minimum Gasteiger partial charge on any atom is -0.544 e.